The van der Waals surface area contributed by atoms with E-state index >= 15 is 0 Å². The van der Waals surface area contributed by atoms with Gasteiger partial charge in [0, 0.05) is 10.4 Å². The van der Waals surface area contributed by atoms with E-state index in [2.05, 4.69) is 15.9 Å². The second-order valence-electron chi connectivity index (χ2n) is 3.85. The van der Waals surface area contributed by atoms with Crippen molar-refractivity contribution in [2.45, 2.75) is 19.4 Å². The Bertz CT molecular complexity index is 568. The topological polar surface area (TPSA) is 20.2 Å². The minimum absolute atomic E-state index is 0.0344. The third kappa shape index (κ3) is 2.48. The van der Waals surface area contributed by atoms with Crippen molar-refractivity contribution in [1.29, 1.82) is 0 Å². The molecule has 0 aliphatic rings. The Balaban J connectivity index is 2.46. The molecule has 2 aromatic rings. The number of hydrogen-bond donors (Lipinski definition) is 1. The zero-order valence-electron chi connectivity index (χ0n) is 9.58. The summed E-state index contributed by atoms with van der Waals surface area (Å²) in [6.07, 6.45) is -0.376. The molecule has 1 atom stereocenters. The molecular formula is C13H11BrF2OS. The van der Waals surface area contributed by atoms with Crippen LogP contribution in [0.25, 0.3) is 0 Å². The lowest BCUT2D eigenvalue weighted by Crippen LogP contribution is -2.04. The minimum atomic E-state index is -1.12. The molecule has 1 aromatic carbocycles. The molecule has 0 spiro atoms. The fraction of sp³-hybridized carbons (Fsp3) is 0.231. The molecule has 1 unspecified atom stereocenters. The summed E-state index contributed by atoms with van der Waals surface area (Å²) in [5, 5.41) is 12.0. The van der Waals surface area contributed by atoms with Crippen molar-refractivity contribution in [3.63, 3.8) is 0 Å². The molecule has 0 bridgehead atoms. The minimum Gasteiger partial charge on any atom is -0.383 e. The number of aryl methyl sites for hydroxylation is 1. The fourth-order valence-corrected chi connectivity index (χ4v) is 3.08. The molecule has 1 nitrogen and oxygen atoms in total. The molecular weight excluding hydrogens is 322 g/mol. The molecule has 0 saturated carbocycles. The van der Waals surface area contributed by atoms with Crippen molar-refractivity contribution < 1.29 is 13.9 Å². The van der Waals surface area contributed by atoms with Crippen LogP contribution in [0, 0.1) is 11.6 Å². The van der Waals surface area contributed by atoms with Gasteiger partial charge in [0.05, 0.1) is 4.47 Å². The van der Waals surface area contributed by atoms with Crippen molar-refractivity contribution in [2.24, 2.45) is 0 Å². The van der Waals surface area contributed by atoms with Gasteiger partial charge in [0.25, 0.3) is 0 Å². The number of benzene rings is 1. The van der Waals surface area contributed by atoms with Crippen molar-refractivity contribution in [1.82, 2.24) is 0 Å². The predicted octanol–water partition coefficient (Wildman–Crippen LogP) is 4.43. The summed E-state index contributed by atoms with van der Waals surface area (Å²) in [6, 6.07) is 3.95. The van der Waals surface area contributed by atoms with Gasteiger partial charge >= 0.3 is 0 Å². The van der Waals surface area contributed by atoms with Crippen LogP contribution in [0.5, 0.6) is 0 Å². The molecule has 1 heterocycles. The second-order valence-corrected chi connectivity index (χ2v) is 5.66. The average Bonchev–Trinajstić information content (AvgIpc) is 2.81. The van der Waals surface area contributed by atoms with E-state index in [0.717, 1.165) is 24.1 Å². The van der Waals surface area contributed by atoms with Crippen LogP contribution in [0.15, 0.2) is 28.1 Å². The molecule has 0 amide bonds. The summed E-state index contributed by atoms with van der Waals surface area (Å²) < 4.78 is 27.2. The van der Waals surface area contributed by atoms with Crippen LogP contribution in [0.1, 0.15) is 29.0 Å². The van der Waals surface area contributed by atoms with Crippen LogP contribution >= 0.6 is 27.3 Å². The van der Waals surface area contributed by atoms with Gasteiger partial charge in [-0.25, -0.2) is 8.78 Å². The lowest BCUT2D eigenvalue weighted by molar-refractivity contribution is 0.217. The third-order valence-electron chi connectivity index (χ3n) is 2.74. The molecule has 0 aliphatic carbocycles. The van der Waals surface area contributed by atoms with Crippen LogP contribution in [0.4, 0.5) is 8.78 Å². The first kappa shape index (κ1) is 13.6. The Hall–Kier alpha value is -0.780. The molecule has 0 fully saturated rings. The highest BCUT2D eigenvalue weighted by atomic mass is 79.9. The van der Waals surface area contributed by atoms with Gasteiger partial charge < -0.3 is 5.11 Å². The highest BCUT2D eigenvalue weighted by Crippen LogP contribution is 2.33. The van der Waals surface area contributed by atoms with Crippen LogP contribution in [0.3, 0.4) is 0 Å². The average molecular weight is 333 g/mol. The van der Waals surface area contributed by atoms with Gasteiger partial charge in [-0.2, -0.15) is 0 Å². The molecule has 0 aliphatic heterocycles. The Morgan fingerprint density at radius 3 is 2.72 bits per heavy atom. The van der Waals surface area contributed by atoms with Gasteiger partial charge in [-0.1, -0.05) is 6.92 Å². The van der Waals surface area contributed by atoms with E-state index in [-0.39, 0.29) is 10.0 Å². The smallest absolute Gasteiger partial charge is 0.137 e. The number of halogens is 3. The van der Waals surface area contributed by atoms with Crippen LogP contribution in [-0.2, 0) is 6.42 Å². The zero-order valence-corrected chi connectivity index (χ0v) is 12.0. The van der Waals surface area contributed by atoms with E-state index in [9.17, 15) is 13.9 Å². The highest BCUT2D eigenvalue weighted by Gasteiger charge is 2.20. The van der Waals surface area contributed by atoms with Crippen LogP contribution in [0.2, 0.25) is 0 Å². The maximum absolute atomic E-state index is 13.8. The maximum atomic E-state index is 13.8. The van der Waals surface area contributed by atoms with Gasteiger partial charge in [-0.3, -0.25) is 0 Å². The van der Waals surface area contributed by atoms with E-state index in [1.165, 1.54) is 11.3 Å². The standard InChI is InChI=1S/C13H11BrF2OS/c1-2-7-3-4-18-13(7)12(17)8-5-11(16)9(14)6-10(8)15/h3-6,12,17H,2H2,1H3. The summed E-state index contributed by atoms with van der Waals surface area (Å²) in [7, 11) is 0. The Morgan fingerprint density at radius 1 is 1.33 bits per heavy atom. The third-order valence-corrected chi connectivity index (χ3v) is 4.36. The second kappa shape index (κ2) is 5.47. The summed E-state index contributed by atoms with van der Waals surface area (Å²) in [5.41, 5.74) is 0.920. The molecule has 18 heavy (non-hydrogen) atoms. The van der Waals surface area contributed by atoms with E-state index in [1.54, 1.807) is 0 Å². The van der Waals surface area contributed by atoms with Gasteiger partial charge in [0.2, 0.25) is 0 Å². The molecule has 5 heteroatoms. The summed E-state index contributed by atoms with van der Waals surface area (Å²) in [4.78, 5) is 0.665. The lowest BCUT2D eigenvalue weighted by atomic mass is 10.0. The first-order valence-corrected chi connectivity index (χ1v) is 7.10. The Kier molecular flexibility index (Phi) is 4.14. The predicted molar refractivity (Wildman–Crippen MR) is 71.8 cm³/mol. The number of aliphatic hydroxyl groups excluding tert-OH is 1. The monoisotopic (exact) mass is 332 g/mol. The van der Waals surface area contributed by atoms with Gasteiger partial charge in [-0.05, 0) is 51.5 Å². The molecule has 96 valence electrons. The number of rotatable bonds is 3. The zero-order chi connectivity index (χ0) is 13.3. The molecule has 0 saturated heterocycles. The van der Waals surface area contributed by atoms with Crippen LogP contribution in [-0.4, -0.2) is 5.11 Å². The van der Waals surface area contributed by atoms with Crippen molar-refractivity contribution in [3.05, 3.63) is 55.7 Å². The van der Waals surface area contributed by atoms with Crippen molar-refractivity contribution in [3.8, 4) is 0 Å². The summed E-state index contributed by atoms with van der Waals surface area (Å²) >= 11 is 4.26. The number of hydrogen-bond acceptors (Lipinski definition) is 2. The molecule has 2 rings (SSSR count). The lowest BCUT2D eigenvalue weighted by Gasteiger charge is -2.13. The van der Waals surface area contributed by atoms with Gasteiger partial charge in [-0.15, -0.1) is 11.3 Å². The first-order valence-electron chi connectivity index (χ1n) is 5.43. The largest absolute Gasteiger partial charge is 0.383 e. The summed E-state index contributed by atoms with van der Waals surface area (Å²) in [5.74, 6) is -1.20. The van der Waals surface area contributed by atoms with Crippen molar-refractivity contribution in [2.75, 3.05) is 0 Å². The highest BCUT2D eigenvalue weighted by molar-refractivity contribution is 9.10. The van der Waals surface area contributed by atoms with E-state index in [0.29, 0.717) is 4.88 Å². The SMILES string of the molecule is CCc1ccsc1C(O)c1cc(F)c(Br)cc1F. The van der Waals surface area contributed by atoms with Gasteiger partial charge in [0.15, 0.2) is 0 Å². The summed E-state index contributed by atoms with van der Waals surface area (Å²) in [6.45, 7) is 1.96. The maximum Gasteiger partial charge on any atom is 0.137 e. The van der Waals surface area contributed by atoms with Gasteiger partial charge in [0.1, 0.15) is 17.7 Å². The van der Waals surface area contributed by atoms with Crippen molar-refractivity contribution >= 4 is 27.3 Å². The van der Waals surface area contributed by atoms with E-state index < -0.39 is 17.7 Å². The van der Waals surface area contributed by atoms with Crippen LogP contribution < -0.4 is 0 Å². The first-order chi connectivity index (χ1) is 8.54. The molecule has 1 N–H and O–H groups in total. The van der Waals surface area contributed by atoms with E-state index in [4.69, 9.17) is 0 Å². The van der Waals surface area contributed by atoms with E-state index in [1.807, 2.05) is 18.4 Å². The quantitative estimate of drug-likeness (QED) is 0.824. The fourth-order valence-electron chi connectivity index (χ4n) is 1.77. The number of aliphatic hydroxyl groups is 1. The number of thiophene rings is 1. The molecule has 1 aromatic heterocycles. The Morgan fingerprint density at radius 2 is 2.06 bits per heavy atom. The normalized spacial score (nSPS) is 12.7. The molecule has 0 radical (unpaired) electrons. The Labute approximate surface area is 116 Å².